The first-order valence-corrected chi connectivity index (χ1v) is 17.4. The van der Waals surface area contributed by atoms with Gasteiger partial charge in [-0.2, -0.15) is 0 Å². The Morgan fingerprint density at radius 3 is 2.33 bits per heavy atom. The smallest absolute Gasteiger partial charge is 0.240 e. The molecule has 0 aliphatic carbocycles. The number of nitrogens with two attached hydrogens (primary N) is 3. The molecule has 4 aromatic rings. The van der Waals surface area contributed by atoms with Gasteiger partial charge < -0.3 is 27.8 Å². The number of amidine groups is 1. The number of guanidine groups is 1. The zero-order chi connectivity index (χ0) is 34.7. The first kappa shape index (κ1) is 35.7. The maximum atomic E-state index is 13.7. The van der Waals surface area contributed by atoms with Crippen LogP contribution in [0.25, 0.3) is 10.2 Å². The van der Waals surface area contributed by atoms with Gasteiger partial charge in [0, 0.05) is 18.5 Å². The number of amides is 2. The van der Waals surface area contributed by atoms with E-state index in [1.807, 2.05) is 12.1 Å². The van der Waals surface area contributed by atoms with Crippen molar-refractivity contribution in [2.45, 2.75) is 37.1 Å². The SMILES string of the molecule is N=C(N)c1cccc(C[C@H](NC(=O)CNC(=O)[C@@H](CCCN=C(N)N)NS(=O)(=O)Cc2ccccc2)C(=O)c2nc3ccccc3s2)c1. The molecule has 0 fully saturated rings. The number of aliphatic imine (C=N–C) groups is 1. The first-order valence-electron chi connectivity index (χ1n) is 14.9. The zero-order valence-corrected chi connectivity index (χ0v) is 27.5. The van der Waals surface area contributed by atoms with E-state index in [9.17, 15) is 22.8 Å². The number of fused-ring (bicyclic) bond motifs is 1. The number of nitrogens with one attached hydrogen (secondary N) is 4. The predicted octanol–water partition coefficient (Wildman–Crippen LogP) is 1.15. The Labute approximate surface area is 281 Å². The number of para-hydroxylation sites is 1. The van der Waals surface area contributed by atoms with Crippen LogP contribution in [-0.4, -0.2) is 68.0 Å². The van der Waals surface area contributed by atoms with Crippen LogP contribution in [0.15, 0.2) is 83.9 Å². The molecule has 0 saturated heterocycles. The Hall–Kier alpha value is -5.19. The van der Waals surface area contributed by atoms with Gasteiger partial charge in [0.25, 0.3) is 0 Å². The molecule has 0 aliphatic heterocycles. The number of sulfonamides is 1. The standard InChI is InChI=1S/C32H37N9O5S2/c33-29(34)22-11-6-10-21(16-22)17-25(28(43)31-40-23-12-4-5-14-26(23)47-31)39-27(42)18-38-30(44)24(13-7-15-37-32(35)36)41-48(45,46)19-20-8-2-1-3-9-20/h1-6,8-12,14,16,24-25,41H,7,13,15,17-19H2,(H3,33,34)(H,38,44)(H,39,42)(H4,35,36,37)/t24-,25+/m1/s1. The number of hydrogen-bond acceptors (Lipinski definition) is 9. The summed E-state index contributed by atoms with van der Waals surface area (Å²) in [6.45, 7) is -0.381. The van der Waals surface area contributed by atoms with E-state index in [0.29, 0.717) is 22.2 Å². The molecule has 14 nitrogen and oxygen atoms in total. The molecule has 252 valence electrons. The second-order valence-corrected chi connectivity index (χ2v) is 13.7. The van der Waals surface area contributed by atoms with E-state index >= 15 is 0 Å². The van der Waals surface area contributed by atoms with E-state index in [1.165, 1.54) is 11.3 Å². The molecule has 0 unspecified atom stereocenters. The molecule has 0 bridgehead atoms. The minimum Gasteiger partial charge on any atom is -0.384 e. The van der Waals surface area contributed by atoms with Gasteiger partial charge in [0.15, 0.2) is 11.0 Å². The molecule has 2 atom stereocenters. The molecule has 0 spiro atoms. The van der Waals surface area contributed by atoms with Crippen molar-refractivity contribution in [1.82, 2.24) is 20.3 Å². The molecule has 48 heavy (non-hydrogen) atoms. The Balaban J connectivity index is 1.47. The van der Waals surface area contributed by atoms with Gasteiger partial charge in [-0.25, -0.2) is 18.1 Å². The lowest BCUT2D eigenvalue weighted by Crippen LogP contribution is -2.51. The Morgan fingerprint density at radius 2 is 1.62 bits per heavy atom. The lowest BCUT2D eigenvalue weighted by atomic mass is 10.00. The zero-order valence-electron chi connectivity index (χ0n) is 25.9. The fourth-order valence-electron chi connectivity index (χ4n) is 4.77. The average Bonchev–Trinajstić information content (AvgIpc) is 3.49. The highest BCUT2D eigenvalue weighted by molar-refractivity contribution is 7.88. The van der Waals surface area contributed by atoms with E-state index in [-0.39, 0.29) is 48.4 Å². The minimum atomic E-state index is -3.96. The van der Waals surface area contributed by atoms with Gasteiger partial charge >= 0.3 is 0 Å². The van der Waals surface area contributed by atoms with Crippen LogP contribution in [-0.2, 0) is 31.8 Å². The summed E-state index contributed by atoms with van der Waals surface area (Å²) < 4.78 is 29.1. The maximum absolute atomic E-state index is 13.7. The molecule has 3 aromatic carbocycles. The fraction of sp³-hybridized carbons (Fsp3) is 0.250. The van der Waals surface area contributed by atoms with Crippen LogP contribution in [0.4, 0.5) is 0 Å². The summed E-state index contributed by atoms with van der Waals surface area (Å²) in [6, 6.07) is 20.2. The van der Waals surface area contributed by atoms with Crippen molar-refractivity contribution >= 4 is 61.0 Å². The molecule has 1 heterocycles. The van der Waals surface area contributed by atoms with Gasteiger partial charge in [0.2, 0.25) is 27.6 Å². The van der Waals surface area contributed by atoms with Crippen LogP contribution >= 0.6 is 11.3 Å². The third-order valence-corrected chi connectivity index (χ3v) is 9.45. The van der Waals surface area contributed by atoms with Crippen LogP contribution in [0.1, 0.15) is 39.3 Å². The third kappa shape index (κ3) is 10.7. The monoisotopic (exact) mass is 691 g/mol. The van der Waals surface area contributed by atoms with Gasteiger partial charge in [0.05, 0.1) is 28.6 Å². The van der Waals surface area contributed by atoms with E-state index in [1.54, 1.807) is 66.7 Å². The lowest BCUT2D eigenvalue weighted by molar-refractivity contribution is -0.127. The Kier molecular flexibility index (Phi) is 12.3. The molecule has 0 aliphatic rings. The maximum Gasteiger partial charge on any atom is 0.240 e. The van der Waals surface area contributed by atoms with Crippen LogP contribution in [0.3, 0.4) is 0 Å². The lowest BCUT2D eigenvalue weighted by Gasteiger charge is -2.20. The van der Waals surface area contributed by atoms with Crippen molar-refractivity contribution in [1.29, 1.82) is 5.41 Å². The van der Waals surface area contributed by atoms with Gasteiger partial charge in [-0.1, -0.05) is 60.7 Å². The number of thiazole rings is 1. The summed E-state index contributed by atoms with van der Waals surface area (Å²) in [5, 5.41) is 13.1. The van der Waals surface area contributed by atoms with Gasteiger partial charge in [-0.05, 0) is 42.2 Å². The number of Topliss-reactive ketones (excluding diaryl/α,β-unsaturated/α-hetero) is 1. The Bertz CT molecular complexity index is 1880. The molecule has 0 saturated carbocycles. The highest BCUT2D eigenvalue weighted by Crippen LogP contribution is 2.23. The summed E-state index contributed by atoms with van der Waals surface area (Å²) in [5.41, 5.74) is 18.7. The highest BCUT2D eigenvalue weighted by Gasteiger charge is 2.28. The second-order valence-electron chi connectivity index (χ2n) is 10.9. The predicted molar refractivity (Wildman–Crippen MR) is 186 cm³/mol. The molecular weight excluding hydrogens is 655 g/mol. The largest absolute Gasteiger partial charge is 0.384 e. The quantitative estimate of drug-likeness (QED) is 0.0363. The van der Waals surface area contributed by atoms with Crippen LogP contribution in [0.2, 0.25) is 0 Å². The first-order chi connectivity index (χ1) is 22.9. The molecule has 0 radical (unpaired) electrons. The molecule has 4 rings (SSSR count). The Morgan fingerprint density at radius 1 is 0.917 bits per heavy atom. The minimum absolute atomic E-state index is 0.0451. The summed E-state index contributed by atoms with van der Waals surface area (Å²) in [4.78, 5) is 48.4. The van der Waals surface area contributed by atoms with Crippen molar-refractivity contribution in [2.75, 3.05) is 13.1 Å². The van der Waals surface area contributed by atoms with Gasteiger partial charge in [-0.15, -0.1) is 11.3 Å². The highest BCUT2D eigenvalue weighted by atomic mass is 32.2. The second kappa shape index (κ2) is 16.6. The summed E-state index contributed by atoms with van der Waals surface area (Å²) in [6.07, 6.45) is 0.375. The van der Waals surface area contributed by atoms with Gasteiger partial charge in [0.1, 0.15) is 11.9 Å². The number of ketones is 1. The van der Waals surface area contributed by atoms with E-state index in [0.717, 1.165) is 4.70 Å². The third-order valence-electron chi connectivity index (χ3n) is 7.04. The van der Waals surface area contributed by atoms with Crippen molar-refractivity contribution < 1.29 is 22.8 Å². The number of rotatable bonds is 17. The van der Waals surface area contributed by atoms with Crippen LogP contribution in [0.5, 0.6) is 0 Å². The number of carbonyl (C=O) groups excluding carboxylic acids is 3. The fourth-order valence-corrected chi connectivity index (χ4v) is 7.11. The number of aromatic nitrogens is 1. The van der Waals surface area contributed by atoms with Crippen molar-refractivity contribution in [2.24, 2.45) is 22.2 Å². The van der Waals surface area contributed by atoms with Crippen LogP contribution < -0.4 is 32.6 Å². The van der Waals surface area contributed by atoms with Crippen LogP contribution in [0, 0.1) is 5.41 Å². The molecule has 2 amide bonds. The molecule has 16 heteroatoms. The van der Waals surface area contributed by atoms with E-state index < -0.39 is 46.2 Å². The van der Waals surface area contributed by atoms with E-state index in [2.05, 4.69) is 25.3 Å². The summed E-state index contributed by atoms with van der Waals surface area (Å²) in [5.74, 6) is -2.50. The number of benzene rings is 3. The normalized spacial score (nSPS) is 12.5. The average molecular weight is 692 g/mol. The van der Waals surface area contributed by atoms with Crippen molar-refractivity contribution in [3.05, 3.63) is 101 Å². The number of carbonyl (C=O) groups is 3. The summed E-state index contributed by atoms with van der Waals surface area (Å²) >= 11 is 1.19. The number of nitrogens with zero attached hydrogens (tertiary/aromatic N) is 2. The van der Waals surface area contributed by atoms with Crippen molar-refractivity contribution in [3.8, 4) is 0 Å². The van der Waals surface area contributed by atoms with E-state index in [4.69, 9.17) is 22.6 Å². The molecular formula is C32H37N9O5S2. The van der Waals surface area contributed by atoms with Crippen molar-refractivity contribution in [3.63, 3.8) is 0 Å². The molecule has 10 N–H and O–H groups in total. The number of hydrogen-bond donors (Lipinski definition) is 7. The summed E-state index contributed by atoms with van der Waals surface area (Å²) in [7, 11) is -3.96. The number of nitrogen functional groups attached to an aromatic ring is 1. The van der Waals surface area contributed by atoms with Gasteiger partial charge in [-0.3, -0.25) is 24.8 Å². The topological polar surface area (TPSA) is 249 Å². The molecule has 1 aromatic heterocycles.